The summed E-state index contributed by atoms with van der Waals surface area (Å²) in [4.78, 5) is 1.04. The number of benzene rings is 3. The molecule has 4 rings (SSSR count). The van der Waals surface area contributed by atoms with Gasteiger partial charge in [-0.1, -0.05) is 60.1 Å². The van der Waals surface area contributed by atoms with Gasteiger partial charge in [-0.3, -0.25) is 5.01 Å². The average Bonchev–Trinajstić information content (AvgIpc) is 3.28. The summed E-state index contributed by atoms with van der Waals surface area (Å²) in [6.45, 7) is 0. The van der Waals surface area contributed by atoms with Crippen LogP contribution < -0.4 is 5.01 Å². The van der Waals surface area contributed by atoms with Gasteiger partial charge in [0.25, 0.3) is 5.60 Å². The molecular formula is C25H19ClF6N2OS. The highest BCUT2D eigenvalue weighted by Gasteiger charge is 2.74. The second-order valence-corrected chi connectivity index (χ2v) is 9.41. The summed E-state index contributed by atoms with van der Waals surface area (Å²) in [6.07, 6.45) is -10.9. The molecule has 1 aliphatic rings. The molecule has 0 radical (unpaired) electrons. The van der Waals surface area contributed by atoms with Gasteiger partial charge in [0.15, 0.2) is 0 Å². The minimum absolute atomic E-state index is 0.0838. The summed E-state index contributed by atoms with van der Waals surface area (Å²) in [7, 11) is 0. The number of hydrogen-bond donors (Lipinski definition) is 1. The monoisotopic (exact) mass is 544 g/mol. The molecular weight excluding hydrogens is 526 g/mol. The van der Waals surface area contributed by atoms with Crippen LogP contribution in [0.25, 0.3) is 11.1 Å². The third-order valence-corrected chi connectivity index (χ3v) is 6.99. The second-order valence-electron chi connectivity index (χ2n) is 8.12. The number of hydrogen-bond acceptors (Lipinski definition) is 4. The fourth-order valence-electron chi connectivity index (χ4n) is 4.04. The molecule has 3 aromatic carbocycles. The Hall–Kier alpha value is -2.69. The molecule has 1 heterocycles. The Kier molecular flexibility index (Phi) is 7.07. The van der Waals surface area contributed by atoms with Crippen molar-refractivity contribution in [3.05, 3.63) is 83.4 Å². The van der Waals surface area contributed by atoms with Crippen LogP contribution in [0.5, 0.6) is 0 Å². The molecule has 0 saturated heterocycles. The van der Waals surface area contributed by atoms with Gasteiger partial charge in [0.1, 0.15) is 0 Å². The fourth-order valence-corrected chi connectivity index (χ4v) is 4.72. The molecule has 0 spiro atoms. The molecule has 0 aliphatic carbocycles. The first-order valence-corrected chi connectivity index (χ1v) is 12.2. The summed E-state index contributed by atoms with van der Waals surface area (Å²) in [5.74, 6) is 0. The maximum atomic E-state index is 13.6. The first-order chi connectivity index (χ1) is 16.9. The number of rotatable bonds is 5. The zero-order valence-electron chi connectivity index (χ0n) is 18.6. The van der Waals surface area contributed by atoms with E-state index in [0.29, 0.717) is 5.56 Å². The lowest BCUT2D eigenvalue weighted by Crippen LogP contribution is -2.62. The van der Waals surface area contributed by atoms with Crippen LogP contribution in [-0.4, -0.2) is 35.0 Å². The third kappa shape index (κ3) is 4.69. The van der Waals surface area contributed by atoms with Crippen LogP contribution in [0.3, 0.4) is 0 Å². The molecule has 0 amide bonds. The van der Waals surface area contributed by atoms with Gasteiger partial charge in [-0.2, -0.15) is 31.4 Å². The highest BCUT2D eigenvalue weighted by molar-refractivity contribution is 7.98. The van der Waals surface area contributed by atoms with Crippen molar-refractivity contribution in [2.45, 2.75) is 35.3 Å². The standard InChI is InChI=1S/C25H19ClF6N2OS/c1-36-18-6-4-5-17(13-18)15-9-11-16(12-10-15)21-14-22(23(35,24(27,28)29)25(30,31)32)33-34(21)20-8-3-2-7-19(20)26/h2-13,21,35H,14H2,1H3. The average molecular weight is 545 g/mol. The Morgan fingerprint density at radius 1 is 0.889 bits per heavy atom. The minimum Gasteiger partial charge on any atom is -0.369 e. The number of hydrazone groups is 1. The van der Waals surface area contributed by atoms with Gasteiger partial charge in [-0.05, 0) is 47.2 Å². The summed E-state index contributed by atoms with van der Waals surface area (Å²) in [5.41, 5.74) is -4.31. The smallest absolute Gasteiger partial charge is 0.369 e. The summed E-state index contributed by atoms with van der Waals surface area (Å²) >= 11 is 7.78. The normalized spacial score (nSPS) is 16.9. The lowest BCUT2D eigenvalue weighted by Gasteiger charge is -2.32. The van der Waals surface area contributed by atoms with Crippen molar-refractivity contribution in [2.75, 3.05) is 11.3 Å². The van der Waals surface area contributed by atoms with Crippen LogP contribution in [0.2, 0.25) is 5.02 Å². The Morgan fingerprint density at radius 3 is 2.11 bits per heavy atom. The van der Waals surface area contributed by atoms with E-state index < -0.39 is 36.1 Å². The molecule has 0 saturated carbocycles. The molecule has 11 heteroatoms. The number of para-hydroxylation sites is 1. The predicted molar refractivity (Wildman–Crippen MR) is 129 cm³/mol. The van der Waals surface area contributed by atoms with E-state index in [1.54, 1.807) is 42.1 Å². The quantitative estimate of drug-likeness (QED) is 0.262. The van der Waals surface area contributed by atoms with Crippen LogP contribution in [-0.2, 0) is 0 Å². The predicted octanol–water partition coefficient (Wildman–Crippen LogP) is 7.89. The van der Waals surface area contributed by atoms with Crippen molar-refractivity contribution in [3.8, 4) is 11.1 Å². The molecule has 0 aromatic heterocycles. The Morgan fingerprint density at radius 2 is 1.53 bits per heavy atom. The molecule has 1 unspecified atom stereocenters. The maximum absolute atomic E-state index is 13.6. The molecule has 1 atom stereocenters. The molecule has 3 aromatic rings. The van der Waals surface area contributed by atoms with E-state index >= 15 is 0 Å². The zero-order valence-corrected chi connectivity index (χ0v) is 20.2. The van der Waals surface area contributed by atoms with Crippen molar-refractivity contribution in [2.24, 2.45) is 5.10 Å². The summed E-state index contributed by atoms with van der Waals surface area (Å²) in [5, 5.41) is 14.7. The van der Waals surface area contributed by atoms with Crippen LogP contribution in [0.4, 0.5) is 32.0 Å². The molecule has 36 heavy (non-hydrogen) atoms. The van der Waals surface area contributed by atoms with E-state index in [0.717, 1.165) is 21.0 Å². The van der Waals surface area contributed by atoms with Crippen molar-refractivity contribution in [1.82, 2.24) is 0 Å². The van der Waals surface area contributed by atoms with E-state index in [1.807, 2.05) is 30.5 Å². The number of aliphatic hydroxyl groups is 1. The van der Waals surface area contributed by atoms with Crippen molar-refractivity contribution >= 4 is 34.8 Å². The van der Waals surface area contributed by atoms with Gasteiger partial charge < -0.3 is 5.11 Å². The summed E-state index contributed by atoms with van der Waals surface area (Å²) in [6, 6.07) is 19.3. The lowest BCUT2D eigenvalue weighted by atomic mass is 9.89. The van der Waals surface area contributed by atoms with E-state index in [9.17, 15) is 31.4 Å². The van der Waals surface area contributed by atoms with Crippen molar-refractivity contribution in [1.29, 1.82) is 0 Å². The van der Waals surface area contributed by atoms with Gasteiger partial charge in [0.05, 0.1) is 22.5 Å². The first-order valence-electron chi connectivity index (χ1n) is 10.6. The number of nitrogens with zero attached hydrogens (tertiary/aromatic N) is 2. The van der Waals surface area contributed by atoms with Crippen molar-refractivity contribution in [3.63, 3.8) is 0 Å². The highest BCUT2D eigenvalue weighted by atomic mass is 35.5. The van der Waals surface area contributed by atoms with Gasteiger partial charge in [-0.25, -0.2) is 0 Å². The van der Waals surface area contributed by atoms with Crippen LogP contribution in [0, 0.1) is 0 Å². The van der Waals surface area contributed by atoms with E-state index in [2.05, 4.69) is 5.10 Å². The Labute approximate surface area is 212 Å². The van der Waals surface area contributed by atoms with Gasteiger partial charge in [-0.15, -0.1) is 11.8 Å². The van der Waals surface area contributed by atoms with Gasteiger partial charge in [0, 0.05) is 11.3 Å². The molecule has 1 N–H and O–H groups in total. The SMILES string of the molecule is CSc1cccc(-c2ccc(C3CC(C(O)(C(F)(F)F)C(F)(F)F)=NN3c3ccccc3Cl)cc2)c1. The molecule has 3 nitrogen and oxygen atoms in total. The molecule has 0 bridgehead atoms. The Balaban J connectivity index is 1.77. The molecule has 190 valence electrons. The number of halogens is 7. The van der Waals surface area contributed by atoms with Gasteiger partial charge >= 0.3 is 12.4 Å². The number of thioether (sulfide) groups is 1. The van der Waals surface area contributed by atoms with Crippen LogP contribution in [0.15, 0.2) is 82.8 Å². The van der Waals surface area contributed by atoms with Crippen LogP contribution in [0.1, 0.15) is 18.0 Å². The second kappa shape index (κ2) is 9.64. The van der Waals surface area contributed by atoms with Gasteiger partial charge in [0.2, 0.25) is 0 Å². The lowest BCUT2D eigenvalue weighted by molar-refractivity contribution is -0.338. The summed E-state index contributed by atoms with van der Waals surface area (Å²) < 4.78 is 81.6. The highest BCUT2D eigenvalue weighted by Crippen LogP contribution is 2.49. The fraction of sp³-hybridized carbons (Fsp3) is 0.240. The molecule has 0 fully saturated rings. The van der Waals surface area contributed by atoms with E-state index in [1.165, 1.54) is 18.2 Å². The Bertz CT molecular complexity index is 1260. The first kappa shape index (κ1) is 26.4. The molecule has 1 aliphatic heterocycles. The largest absolute Gasteiger partial charge is 0.431 e. The maximum Gasteiger partial charge on any atom is 0.431 e. The zero-order chi connectivity index (χ0) is 26.3. The minimum atomic E-state index is -6.03. The number of anilines is 1. The van der Waals surface area contributed by atoms with E-state index in [-0.39, 0.29) is 10.7 Å². The number of alkyl halides is 6. The van der Waals surface area contributed by atoms with Crippen LogP contribution >= 0.6 is 23.4 Å². The van der Waals surface area contributed by atoms with Crippen molar-refractivity contribution < 1.29 is 31.4 Å². The topological polar surface area (TPSA) is 35.8 Å². The third-order valence-electron chi connectivity index (χ3n) is 5.95. The van der Waals surface area contributed by atoms with E-state index in [4.69, 9.17) is 11.6 Å².